The number of likely N-dealkylation sites (N-methyl/N-ethyl adjacent to an activating group) is 1. The van der Waals surface area contributed by atoms with E-state index in [4.69, 9.17) is 0 Å². The van der Waals surface area contributed by atoms with Crippen molar-refractivity contribution >= 4 is 11.8 Å². The highest BCUT2D eigenvalue weighted by Gasteiger charge is 2.27. The van der Waals surface area contributed by atoms with Gasteiger partial charge in [0.1, 0.15) is 6.04 Å². The SMILES string of the molecule is CNC(=O)[C@H](C)NC(=O)[C@@H](NC1CCCCC1)C(C)C. The third-order valence-corrected chi connectivity index (χ3v) is 3.97. The Labute approximate surface area is 122 Å². The minimum Gasteiger partial charge on any atom is -0.357 e. The lowest BCUT2D eigenvalue weighted by Gasteiger charge is -2.30. The molecule has 1 fully saturated rings. The maximum atomic E-state index is 12.3. The third kappa shape index (κ3) is 5.12. The van der Waals surface area contributed by atoms with Crippen LogP contribution in [-0.2, 0) is 9.59 Å². The minimum absolute atomic E-state index is 0.0818. The van der Waals surface area contributed by atoms with Crippen LogP contribution in [0.1, 0.15) is 52.9 Å². The van der Waals surface area contributed by atoms with Gasteiger partial charge in [0.2, 0.25) is 11.8 Å². The smallest absolute Gasteiger partial charge is 0.242 e. The molecule has 0 saturated heterocycles. The maximum absolute atomic E-state index is 12.3. The molecule has 5 heteroatoms. The predicted octanol–water partition coefficient (Wildman–Crippen LogP) is 1.18. The van der Waals surface area contributed by atoms with Gasteiger partial charge < -0.3 is 16.0 Å². The molecular formula is C15H29N3O2. The first kappa shape index (κ1) is 17.0. The first-order chi connectivity index (χ1) is 9.45. The Morgan fingerprint density at radius 3 is 2.10 bits per heavy atom. The average molecular weight is 283 g/mol. The van der Waals surface area contributed by atoms with Gasteiger partial charge in [-0.25, -0.2) is 0 Å². The van der Waals surface area contributed by atoms with Crippen LogP contribution in [0.3, 0.4) is 0 Å². The Hall–Kier alpha value is -1.10. The van der Waals surface area contributed by atoms with Crippen molar-refractivity contribution in [1.82, 2.24) is 16.0 Å². The van der Waals surface area contributed by atoms with Crippen molar-refractivity contribution in [3.05, 3.63) is 0 Å². The molecule has 0 bridgehead atoms. The number of amides is 2. The van der Waals surface area contributed by atoms with Gasteiger partial charge in [0.25, 0.3) is 0 Å². The summed E-state index contributed by atoms with van der Waals surface area (Å²) in [6.45, 7) is 5.77. The van der Waals surface area contributed by atoms with Crippen LogP contribution in [0.5, 0.6) is 0 Å². The summed E-state index contributed by atoms with van der Waals surface area (Å²) in [6.07, 6.45) is 6.05. The summed E-state index contributed by atoms with van der Waals surface area (Å²) in [4.78, 5) is 23.8. The standard InChI is InChI=1S/C15H29N3O2/c1-10(2)13(18-12-8-6-5-7-9-12)15(20)17-11(3)14(19)16-4/h10-13,18H,5-9H2,1-4H3,(H,16,19)(H,17,20)/t11-,13-/m0/s1. The maximum Gasteiger partial charge on any atom is 0.242 e. The minimum atomic E-state index is -0.498. The Kier molecular flexibility index (Phi) is 6.99. The number of nitrogens with one attached hydrogen (secondary N) is 3. The van der Waals surface area contributed by atoms with Gasteiger partial charge in [-0.1, -0.05) is 33.1 Å². The van der Waals surface area contributed by atoms with Crippen LogP contribution in [0.15, 0.2) is 0 Å². The fraction of sp³-hybridized carbons (Fsp3) is 0.867. The lowest BCUT2D eigenvalue weighted by molar-refractivity contribution is -0.130. The molecule has 0 aromatic rings. The molecule has 2 atom stereocenters. The van der Waals surface area contributed by atoms with Gasteiger partial charge >= 0.3 is 0 Å². The molecule has 0 heterocycles. The fourth-order valence-corrected chi connectivity index (χ4v) is 2.68. The zero-order chi connectivity index (χ0) is 15.1. The van der Waals surface area contributed by atoms with E-state index in [1.807, 2.05) is 13.8 Å². The first-order valence-electron chi connectivity index (χ1n) is 7.73. The molecule has 0 aromatic carbocycles. The van der Waals surface area contributed by atoms with Crippen LogP contribution in [0.4, 0.5) is 0 Å². The van der Waals surface area contributed by atoms with Gasteiger partial charge in [-0.2, -0.15) is 0 Å². The highest BCUT2D eigenvalue weighted by Crippen LogP contribution is 2.19. The predicted molar refractivity (Wildman–Crippen MR) is 80.3 cm³/mol. The molecule has 1 aliphatic rings. The van der Waals surface area contributed by atoms with Crippen LogP contribution < -0.4 is 16.0 Å². The number of hydrogen-bond acceptors (Lipinski definition) is 3. The molecule has 2 amide bonds. The second kappa shape index (κ2) is 8.25. The molecule has 1 saturated carbocycles. The Morgan fingerprint density at radius 1 is 1.00 bits per heavy atom. The van der Waals surface area contributed by atoms with Crippen LogP contribution in [0.25, 0.3) is 0 Å². The van der Waals surface area contributed by atoms with Crippen LogP contribution in [-0.4, -0.2) is 37.0 Å². The normalized spacial score (nSPS) is 19.4. The lowest BCUT2D eigenvalue weighted by Crippen LogP contribution is -2.55. The fourth-order valence-electron chi connectivity index (χ4n) is 2.68. The summed E-state index contributed by atoms with van der Waals surface area (Å²) in [5.41, 5.74) is 0. The molecule has 1 aliphatic carbocycles. The van der Waals surface area contributed by atoms with Crippen molar-refractivity contribution in [3.8, 4) is 0 Å². The van der Waals surface area contributed by atoms with Gasteiger partial charge in [0, 0.05) is 13.1 Å². The summed E-state index contributed by atoms with van der Waals surface area (Å²) in [7, 11) is 1.57. The van der Waals surface area contributed by atoms with E-state index in [-0.39, 0.29) is 23.8 Å². The molecule has 1 rings (SSSR count). The van der Waals surface area contributed by atoms with Gasteiger partial charge in [0.05, 0.1) is 6.04 Å². The van der Waals surface area contributed by atoms with Gasteiger partial charge in [0.15, 0.2) is 0 Å². The van der Waals surface area contributed by atoms with Gasteiger partial charge in [-0.3, -0.25) is 9.59 Å². The Balaban J connectivity index is 2.55. The van der Waals surface area contributed by atoms with Crippen molar-refractivity contribution in [1.29, 1.82) is 0 Å². The number of hydrogen-bond donors (Lipinski definition) is 3. The van der Waals surface area contributed by atoms with Crippen molar-refractivity contribution in [2.24, 2.45) is 5.92 Å². The zero-order valence-corrected chi connectivity index (χ0v) is 13.2. The molecule has 20 heavy (non-hydrogen) atoms. The summed E-state index contributed by atoms with van der Waals surface area (Å²) in [5, 5.41) is 8.81. The first-order valence-corrected chi connectivity index (χ1v) is 7.73. The zero-order valence-electron chi connectivity index (χ0n) is 13.2. The van der Waals surface area contributed by atoms with Crippen LogP contribution in [0.2, 0.25) is 0 Å². The second-order valence-electron chi connectivity index (χ2n) is 6.07. The van der Waals surface area contributed by atoms with E-state index in [1.165, 1.54) is 19.3 Å². The number of carbonyl (C=O) groups excluding carboxylic acids is 2. The van der Waals surface area contributed by atoms with Crippen molar-refractivity contribution < 1.29 is 9.59 Å². The number of rotatable bonds is 6. The van der Waals surface area contributed by atoms with Crippen LogP contribution in [0, 0.1) is 5.92 Å². The lowest BCUT2D eigenvalue weighted by atomic mass is 9.93. The summed E-state index contributed by atoms with van der Waals surface area (Å²) in [5.74, 6) is -0.0472. The molecule has 3 N–H and O–H groups in total. The summed E-state index contributed by atoms with van der Waals surface area (Å²) >= 11 is 0. The molecular weight excluding hydrogens is 254 g/mol. The Bertz CT molecular complexity index is 325. The highest BCUT2D eigenvalue weighted by molar-refractivity contribution is 5.89. The topological polar surface area (TPSA) is 70.2 Å². The monoisotopic (exact) mass is 283 g/mol. The van der Waals surface area contributed by atoms with Crippen molar-refractivity contribution in [2.45, 2.75) is 71.0 Å². The van der Waals surface area contributed by atoms with E-state index in [9.17, 15) is 9.59 Å². The summed E-state index contributed by atoms with van der Waals surface area (Å²) in [6, 6.07) is -0.302. The van der Waals surface area contributed by atoms with Crippen molar-refractivity contribution in [2.75, 3.05) is 7.05 Å². The third-order valence-electron chi connectivity index (χ3n) is 3.97. The van der Waals surface area contributed by atoms with Gasteiger partial charge in [-0.05, 0) is 25.7 Å². The molecule has 0 aromatic heterocycles. The Morgan fingerprint density at radius 2 is 1.60 bits per heavy atom. The number of carbonyl (C=O) groups is 2. The average Bonchev–Trinajstić information content (AvgIpc) is 2.44. The highest BCUT2D eigenvalue weighted by atomic mass is 16.2. The molecule has 0 aliphatic heterocycles. The van der Waals surface area contributed by atoms with Crippen LogP contribution >= 0.6 is 0 Å². The largest absolute Gasteiger partial charge is 0.357 e. The van der Waals surface area contributed by atoms with E-state index in [0.717, 1.165) is 12.8 Å². The van der Waals surface area contributed by atoms with E-state index in [0.29, 0.717) is 6.04 Å². The van der Waals surface area contributed by atoms with Gasteiger partial charge in [-0.15, -0.1) is 0 Å². The van der Waals surface area contributed by atoms with E-state index in [1.54, 1.807) is 14.0 Å². The van der Waals surface area contributed by atoms with E-state index >= 15 is 0 Å². The van der Waals surface area contributed by atoms with E-state index < -0.39 is 6.04 Å². The molecule has 0 radical (unpaired) electrons. The van der Waals surface area contributed by atoms with Crippen molar-refractivity contribution in [3.63, 3.8) is 0 Å². The van der Waals surface area contributed by atoms with E-state index in [2.05, 4.69) is 16.0 Å². The molecule has 0 spiro atoms. The quantitative estimate of drug-likeness (QED) is 0.685. The molecule has 0 unspecified atom stereocenters. The summed E-state index contributed by atoms with van der Waals surface area (Å²) < 4.78 is 0. The molecule has 5 nitrogen and oxygen atoms in total. The molecule has 116 valence electrons. The second-order valence-corrected chi connectivity index (χ2v) is 6.07.